The van der Waals surface area contributed by atoms with Gasteiger partial charge in [-0.05, 0) is 30.7 Å². The van der Waals surface area contributed by atoms with Gasteiger partial charge >= 0.3 is 0 Å². The molecule has 2 aromatic rings. The number of aryl methyl sites for hydroxylation is 1. The smallest absolute Gasteiger partial charge is 0.271 e. The van der Waals surface area contributed by atoms with Crippen LogP contribution in [0.5, 0.6) is 0 Å². The fourth-order valence-corrected chi connectivity index (χ4v) is 3.04. The summed E-state index contributed by atoms with van der Waals surface area (Å²) in [6.45, 7) is 2.02. The summed E-state index contributed by atoms with van der Waals surface area (Å²) in [7, 11) is 0. The first kappa shape index (κ1) is 17.9. The number of hydrogen-bond donors (Lipinski definition) is 1. The number of benzene rings is 2. The molecule has 134 valence electrons. The van der Waals surface area contributed by atoms with Crippen molar-refractivity contribution >= 4 is 40.5 Å². The Hall–Kier alpha value is -2.93. The second-order valence-corrected chi connectivity index (χ2v) is 6.57. The molecule has 1 aliphatic heterocycles. The molecular weight excluding hydrogens is 358 g/mol. The molecule has 2 amide bonds. The third-order valence-electron chi connectivity index (χ3n) is 4.31. The highest BCUT2D eigenvalue weighted by molar-refractivity contribution is 6.31. The zero-order chi connectivity index (χ0) is 18.8. The Morgan fingerprint density at radius 1 is 1.31 bits per heavy atom. The number of anilines is 2. The van der Waals surface area contributed by atoms with Crippen molar-refractivity contribution in [1.82, 2.24) is 0 Å². The van der Waals surface area contributed by atoms with E-state index in [9.17, 15) is 19.7 Å². The number of non-ortho nitro benzene ring substituents is 1. The number of rotatable bonds is 4. The Labute approximate surface area is 154 Å². The SMILES string of the molecule is Cc1ccc(Cl)cc1NC(=O)C1CC(=O)N(c2cccc([N+](=O)[O-])c2)C1. The maximum atomic E-state index is 12.5. The quantitative estimate of drug-likeness (QED) is 0.655. The molecule has 7 nitrogen and oxygen atoms in total. The molecule has 0 bridgehead atoms. The Kier molecular flexibility index (Phi) is 4.90. The molecule has 2 aromatic carbocycles. The minimum absolute atomic E-state index is 0.0497. The van der Waals surface area contributed by atoms with Crippen molar-refractivity contribution in [2.24, 2.45) is 5.92 Å². The van der Waals surface area contributed by atoms with Crippen molar-refractivity contribution in [2.75, 3.05) is 16.8 Å². The number of nitrogens with zero attached hydrogens (tertiary/aromatic N) is 2. The minimum atomic E-state index is -0.542. The topological polar surface area (TPSA) is 92.6 Å². The van der Waals surface area contributed by atoms with E-state index >= 15 is 0 Å². The molecule has 0 spiro atoms. The summed E-state index contributed by atoms with van der Waals surface area (Å²) < 4.78 is 0. The van der Waals surface area contributed by atoms with Gasteiger partial charge in [0.05, 0.1) is 16.5 Å². The maximum Gasteiger partial charge on any atom is 0.271 e. The molecule has 1 aliphatic rings. The van der Waals surface area contributed by atoms with Gasteiger partial charge < -0.3 is 10.2 Å². The number of hydrogen-bond acceptors (Lipinski definition) is 4. The van der Waals surface area contributed by atoms with Crippen molar-refractivity contribution in [3.8, 4) is 0 Å². The van der Waals surface area contributed by atoms with Crippen LogP contribution in [0.1, 0.15) is 12.0 Å². The average Bonchev–Trinajstić information content (AvgIpc) is 3.00. The van der Waals surface area contributed by atoms with Gasteiger partial charge in [-0.3, -0.25) is 19.7 Å². The summed E-state index contributed by atoms with van der Waals surface area (Å²) in [5.74, 6) is -1.06. The minimum Gasteiger partial charge on any atom is -0.325 e. The average molecular weight is 374 g/mol. The molecule has 1 fully saturated rings. The van der Waals surface area contributed by atoms with Gasteiger partial charge in [0.1, 0.15) is 0 Å². The molecule has 0 saturated carbocycles. The van der Waals surface area contributed by atoms with Gasteiger partial charge in [0, 0.05) is 35.8 Å². The maximum absolute atomic E-state index is 12.5. The van der Waals surface area contributed by atoms with E-state index in [0.717, 1.165) is 5.56 Å². The van der Waals surface area contributed by atoms with Crippen molar-refractivity contribution in [3.63, 3.8) is 0 Å². The summed E-state index contributed by atoms with van der Waals surface area (Å²) in [4.78, 5) is 36.6. The van der Waals surface area contributed by atoms with Gasteiger partial charge in [0.25, 0.3) is 5.69 Å². The van der Waals surface area contributed by atoms with Crippen molar-refractivity contribution < 1.29 is 14.5 Å². The van der Waals surface area contributed by atoms with E-state index in [1.54, 1.807) is 24.3 Å². The summed E-state index contributed by atoms with van der Waals surface area (Å²) >= 11 is 5.96. The van der Waals surface area contributed by atoms with Crippen LogP contribution >= 0.6 is 11.6 Å². The van der Waals surface area contributed by atoms with E-state index in [-0.39, 0.29) is 30.5 Å². The molecule has 1 heterocycles. The van der Waals surface area contributed by atoms with E-state index in [1.165, 1.54) is 23.1 Å². The number of carbonyl (C=O) groups is 2. The molecule has 8 heteroatoms. The summed E-state index contributed by atoms with van der Waals surface area (Å²) in [5, 5.41) is 14.2. The van der Waals surface area contributed by atoms with Gasteiger partial charge in [-0.1, -0.05) is 23.7 Å². The first-order valence-corrected chi connectivity index (χ1v) is 8.35. The van der Waals surface area contributed by atoms with Gasteiger partial charge in [-0.15, -0.1) is 0 Å². The lowest BCUT2D eigenvalue weighted by molar-refractivity contribution is -0.384. The fraction of sp³-hybridized carbons (Fsp3) is 0.222. The monoisotopic (exact) mass is 373 g/mol. The summed E-state index contributed by atoms with van der Waals surface area (Å²) in [6, 6.07) is 11.0. The lowest BCUT2D eigenvalue weighted by Crippen LogP contribution is -2.28. The van der Waals surface area contributed by atoms with Crippen LogP contribution in [0.15, 0.2) is 42.5 Å². The molecule has 3 rings (SSSR count). The van der Waals surface area contributed by atoms with E-state index in [1.807, 2.05) is 6.92 Å². The third-order valence-corrected chi connectivity index (χ3v) is 4.54. The first-order chi connectivity index (χ1) is 12.3. The predicted octanol–water partition coefficient (Wildman–Crippen LogP) is 3.55. The third kappa shape index (κ3) is 3.67. The van der Waals surface area contributed by atoms with Crippen LogP contribution in [0.2, 0.25) is 5.02 Å². The Bertz CT molecular complexity index is 900. The molecule has 1 unspecified atom stereocenters. The van der Waals surface area contributed by atoms with Gasteiger partial charge in [0.2, 0.25) is 11.8 Å². The molecule has 1 N–H and O–H groups in total. The summed E-state index contributed by atoms with van der Waals surface area (Å²) in [5.41, 5.74) is 1.78. The number of carbonyl (C=O) groups excluding carboxylic acids is 2. The number of amides is 2. The number of halogens is 1. The van der Waals surface area contributed by atoms with E-state index in [4.69, 9.17) is 11.6 Å². The molecule has 0 aromatic heterocycles. The highest BCUT2D eigenvalue weighted by Gasteiger charge is 2.35. The first-order valence-electron chi connectivity index (χ1n) is 7.97. The van der Waals surface area contributed by atoms with Gasteiger partial charge in [-0.25, -0.2) is 0 Å². The highest BCUT2D eigenvalue weighted by Crippen LogP contribution is 2.29. The van der Waals surface area contributed by atoms with Crippen LogP contribution in [0.3, 0.4) is 0 Å². The van der Waals surface area contributed by atoms with Crippen LogP contribution in [0, 0.1) is 23.0 Å². The van der Waals surface area contributed by atoms with Crippen LogP contribution < -0.4 is 10.2 Å². The molecular formula is C18H16ClN3O4. The number of nitro groups is 1. The number of nitrogens with one attached hydrogen (secondary N) is 1. The Morgan fingerprint density at radius 3 is 2.81 bits per heavy atom. The zero-order valence-electron chi connectivity index (χ0n) is 13.9. The highest BCUT2D eigenvalue weighted by atomic mass is 35.5. The lowest BCUT2D eigenvalue weighted by atomic mass is 10.1. The largest absolute Gasteiger partial charge is 0.325 e. The van der Waals surface area contributed by atoms with Crippen molar-refractivity contribution in [2.45, 2.75) is 13.3 Å². The number of nitro benzene ring substituents is 1. The van der Waals surface area contributed by atoms with E-state index in [2.05, 4.69) is 5.32 Å². The van der Waals surface area contributed by atoms with Gasteiger partial charge in [0.15, 0.2) is 0 Å². The van der Waals surface area contributed by atoms with Crippen LogP contribution in [0.25, 0.3) is 0 Å². The molecule has 0 radical (unpaired) electrons. The second kappa shape index (κ2) is 7.13. The zero-order valence-corrected chi connectivity index (χ0v) is 14.7. The summed E-state index contributed by atoms with van der Waals surface area (Å²) in [6.07, 6.45) is 0.0497. The van der Waals surface area contributed by atoms with Crippen LogP contribution in [-0.4, -0.2) is 23.3 Å². The standard InChI is InChI=1S/C18H16ClN3O4/c1-11-5-6-13(19)8-16(11)20-18(24)12-7-17(23)21(10-12)14-3-2-4-15(9-14)22(25)26/h2-6,8-9,12H,7,10H2,1H3,(H,20,24). The van der Waals surface area contributed by atoms with Crippen molar-refractivity contribution in [1.29, 1.82) is 0 Å². The molecule has 26 heavy (non-hydrogen) atoms. The van der Waals surface area contributed by atoms with Crippen LogP contribution in [0.4, 0.5) is 17.1 Å². The van der Waals surface area contributed by atoms with Gasteiger partial charge in [-0.2, -0.15) is 0 Å². The van der Waals surface area contributed by atoms with Crippen molar-refractivity contribution in [3.05, 3.63) is 63.2 Å². The Morgan fingerprint density at radius 2 is 2.08 bits per heavy atom. The molecule has 0 aliphatic carbocycles. The fourth-order valence-electron chi connectivity index (χ4n) is 2.87. The second-order valence-electron chi connectivity index (χ2n) is 6.13. The predicted molar refractivity (Wildman–Crippen MR) is 98.4 cm³/mol. The molecule has 1 saturated heterocycles. The lowest BCUT2D eigenvalue weighted by Gasteiger charge is -2.17. The normalized spacial score (nSPS) is 16.6. The van der Waals surface area contributed by atoms with E-state index < -0.39 is 10.8 Å². The van der Waals surface area contributed by atoms with Crippen LogP contribution in [-0.2, 0) is 9.59 Å². The Balaban J connectivity index is 1.75. The van der Waals surface area contributed by atoms with E-state index in [0.29, 0.717) is 16.4 Å². The molecule has 1 atom stereocenters.